The molecular formula is C19H24N4O3. The van der Waals surface area contributed by atoms with Crippen molar-refractivity contribution in [1.29, 1.82) is 0 Å². The molecule has 0 radical (unpaired) electrons. The van der Waals surface area contributed by atoms with Gasteiger partial charge in [0.2, 0.25) is 0 Å². The van der Waals surface area contributed by atoms with Gasteiger partial charge in [0.05, 0.1) is 32.3 Å². The van der Waals surface area contributed by atoms with Crippen molar-refractivity contribution in [2.24, 2.45) is 5.92 Å². The van der Waals surface area contributed by atoms with Crippen LogP contribution >= 0.6 is 0 Å². The average molecular weight is 356 g/mol. The number of hydrogen-bond donors (Lipinski definition) is 1. The SMILES string of the molecule is COc1ccc(OC)c(Nc2cnc(C(=O)N3CCCC(C)C3)cn2)c1. The molecule has 1 atom stereocenters. The van der Waals surface area contributed by atoms with Crippen LogP contribution in [0.15, 0.2) is 30.6 Å². The number of methoxy groups -OCH3 is 2. The lowest BCUT2D eigenvalue weighted by atomic mass is 10.0. The van der Waals surface area contributed by atoms with Crippen LogP contribution in [-0.2, 0) is 0 Å². The Kier molecular flexibility index (Phi) is 5.55. The third-order valence-electron chi connectivity index (χ3n) is 4.48. The first-order valence-corrected chi connectivity index (χ1v) is 8.71. The lowest BCUT2D eigenvalue weighted by Gasteiger charge is -2.30. The van der Waals surface area contributed by atoms with Crippen molar-refractivity contribution in [3.63, 3.8) is 0 Å². The van der Waals surface area contributed by atoms with Crippen LogP contribution in [0.25, 0.3) is 0 Å². The zero-order valence-electron chi connectivity index (χ0n) is 15.4. The van der Waals surface area contributed by atoms with Gasteiger partial charge in [0.1, 0.15) is 23.0 Å². The summed E-state index contributed by atoms with van der Waals surface area (Å²) in [5.74, 6) is 2.36. The summed E-state index contributed by atoms with van der Waals surface area (Å²) in [5.41, 5.74) is 1.08. The first-order chi connectivity index (χ1) is 12.6. The molecule has 1 fully saturated rings. The van der Waals surface area contributed by atoms with Crippen LogP contribution in [-0.4, -0.2) is 48.1 Å². The van der Waals surface area contributed by atoms with Crippen molar-refractivity contribution in [3.05, 3.63) is 36.3 Å². The second-order valence-electron chi connectivity index (χ2n) is 6.48. The van der Waals surface area contributed by atoms with Crippen LogP contribution in [0.4, 0.5) is 11.5 Å². The number of nitrogens with one attached hydrogen (secondary N) is 1. The topological polar surface area (TPSA) is 76.6 Å². The van der Waals surface area contributed by atoms with Crippen molar-refractivity contribution < 1.29 is 14.3 Å². The molecule has 1 aromatic carbocycles. The highest BCUT2D eigenvalue weighted by molar-refractivity contribution is 5.92. The molecule has 7 heteroatoms. The first kappa shape index (κ1) is 18.0. The first-order valence-electron chi connectivity index (χ1n) is 8.71. The monoisotopic (exact) mass is 356 g/mol. The molecule has 0 aliphatic carbocycles. The normalized spacial score (nSPS) is 16.9. The molecule has 3 rings (SSSR count). The molecule has 1 N–H and O–H groups in total. The van der Waals surface area contributed by atoms with Crippen LogP contribution in [0.5, 0.6) is 11.5 Å². The number of ether oxygens (including phenoxy) is 2. The van der Waals surface area contributed by atoms with Gasteiger partial charge in [-0.05, 0) is 30.9 Å². The number of carbonyl (C=O) groups excluding carboxylic acids is 1. The van der Waals surface area contributed by atoms with Crippen molar-refractivity contribution in [3.8, 4) is 11.5 Å². The Balaban J connectivity index is 1.73. The van der Waals surface area contributed by atoms with E-state index in [4.69, 9.17) is 9.47 Å². The highest BCUT2D eigenvalue weighted by Gasteiger charge is 2.23. The van der Waals surface area contributed by atoms with Crippen molar-refractivity contribution in [2.75, 3.05) is 32.6 Å². The molecule has 1 unspecified atom stereocenters. The Bertz CT molecular complexity index is 764. The molecule has 1 saturated heterocycles. The summed E-state index contributed by atoms with van der Waals surface area (Å²) in [4.78, 5) is 23.0. The van der Waals surface area contributed by atoms with Crippen molar-refractivity contribution in [2.45, 2.75) is 19.8 Å². The van der Waals surface area contributed by atoms with Crippen LogP contribution in [0.3, 0.4) is 0 Å². The summed E-state index contributed by atoms with van der Waals surface area (Å²) in [6.45, 7) is 3.73. The van der Waals surface area contributed by atoms with Gasteiger partial charge >= 0.3 is 0 Å². The van der Waals surface area contributed by atoms with E-state index < -0.39 is 0 Å². The molecule has 1 aliphatic rings. The fourth-order valence-corrected chi connectivity index (χ4v) is 3.09. The molecule has 0 bridgehead atoms. The summed E-state index contributed by atoms with van der Waals surface area (Å²) in [5, 5.41) is 3.15. The second kappa shape index (κ2) is 8.03. The number of nitrogens with zero attached hydrogens (tertiary/aromatic N) is 3. The fraction of sp³-hybridized carbons (Fsp3) is 0.421. The smallest absolute Gasteiger partial charge is 0.274 e. The number of anilines is 2. The van der Waals surface area contributed by atoms with Gasteiger partial charge in [0.25, 0.3) is 5.91 Å². The number of benzene rings is 1. The highest BCUT2D eigenvalue weighted by Crippen LogP contribution is 2.30. The molecule has 1 aromatic heterocycles. The standard InChI is InChI=1S/C19H24N4O3/c1-13-5-4-8-23(12-13)19(24)16-10-21-18(11-20-16)22-15-9-14(25-2)6-7-17(15)26-3/h6-7,9-11,13H,4-5,8,12H2,1-3H3,(H,21,22). The second-order valence-corrected chi connectivity index (χ2v) is 6.48. The van der Waals surface area contributed by atoms with E-state index in [2.05, 4.69) is 22.2 Å². The number of rotatable bonds is 5. The van der Waals surface area contributed by atoms with E-state index in [-0.39, 0.29) is 5.91 Å². The fourth-order valence-electron chi connectivity index (χ4n) is 3.09. The predicted octanol–water partition coefficient (Wildman–Crippen LogP) is 3.11. The van der Waals surface area contributed by atoms with E-state index in [9.17, 15) is 4.79 Å². The molecule has 0 spiro atoms. The third-order valence-corrected chi connectivity index (χ3v) is 4.48. The van der Waals surface area contributed by atoms with E-state index in [0.717, 1.165) is 19.5 Å². The molecule has 1 amide bonds. The van der Waals surface area contributed by atoms with E-state index >= 15 is 0 Å². The largest absolute Gasteiger partial charge is 0.497 e. The maximum Gasteiger partial charge on any atom is 0.274 e. The number of aromatic nitrogens is 2. The van der Waals surface area contributed by atoms with Crippen LogP contribution in [0.1, 0.15) is 30.3 Å². The van der Waals surface area contributed by atoms with E-state index in [1.807, 2.05) is 23.1 Å². The molecule has 2 aromatic rings. The van der Waals surface area contributed by atoms with Crippen molar-refractivity contribution in [1.82, 2.24) is 14.9 Å². The minimum Gasteiger partial charge on any atom is -0.497 e. The molecule has 7 nitrogen and oxygen atoms in total. The number of amides is 1. The van der Waals surface area contributed by atoms with Gasteiger partial charge in [-0.1, -0.05) is 6.92 Å². The van der Waals surface area contributed by atoms with Crippen LogP contribution in [0.2, 0.25) is 0 Å². The Morgan fingerprint density at radius 3 is 2.73 bits per heavy atom. The highest BCUT2D eigenvalue weighted by atomic mass is 16.5. The quantitative estimate of drug-likeness (QED) is 0.887. The van der Waals surface area contributed by atoms with Gasteiger partial charge in [0, 0.05) is 19.2 Å². The van der Waals surface area contributed by atoms with E-state index in [0.29, 0.717) is 34.6 Å². The molecule has 0 saturated carbocycles. The minimum atomic E-state index is -0.0606. The maximum absolute atomic E-state index is 12.6. The number of hydrogen-bond acceptors (Lipinski definition) is 6. The van der Waals surface area contributed by atoms with Crippen LogP contribution < -0.4 is 14.8 Å². The summed E-state index contributed by atoms with van der Waals surface area (Å²) < 4.78 is 10.6. The Labute approximate surface area is 153 Å². The molecule has 1 aliphatic heterocycles. The van der Waals surface area contributed by atoms with Crippen LogP contribution in [0, 0.1) is 5.92 Å². The van der Waals surface area contributed by atoms with Gasteiger partial charge in [-0.3, -0.25) is 4.79 Å². The summed E-state index contributed by atoms with van der Waals surface area (Å²) in [6, 6.07) is 5.44. The molecule has 26 heavy (non-hydrogen) atoms. The molecule has 2 heterocycles. The summed E-state index contributed by atoms with van der Waals surface area (Å²) >= 11 is 0. The lowest BCUT2D eigenvalue weighted by molar-refractivity contribution is 0.0676. The Morgan fingerprint density at radius 2 is 2.08 bits per heavy atom. The third kappa shape index (κ3) is 4.04. The van der Waals surface area contributed by atoms with Gasteiger partial charge in [-0.25, -0.2) is 9.97 Å². The Hall–Kier alpha value is -2.83. The zero-order valence-corrected chi connectivity index (χ0v) is 15.4. The summed E-state index contributed by atoms with van der Waals surface area (Å²) in [6.07, 6.45) is 5.27. The number of piperidine rings is 1. The van der Waals surface area contributed by atoms with Gasteiger partial charge in [0.15, 0.2) is 0 Å². The molecular weight excluding hydrogens is 332 g/mol. The maximum atomic E-state index is 12.6. The van der Waals surface area contributed by atoms with E-state index in [1.54, 1.807) is 20.4 Å². The van der Waals surface area contributed by atoms with Gasteiger partial charge in [-0.2, -0.15) is 0 Å². The lowest BCUT2D eigenvalue weighted by Crippen LogP contribution is -2.39. The molecule has 138 valence electrons. The Morgan fingerprint density at radius 1 is 1.23 bits per heavy atom. The minimum absolute atomic E-state index is 0.0606. The predicted molar refractivity (Wildman–Crippen MR) is 99.2 cm³/mol. The zero-order chi connectivity index (χ0) is 18.5. The van der Waals surface area contributed by atoms with E-state index in [1.165, 1.54) is 12.6 Å². The van der Waals surface area contributed by atoms with Gasteiger partial charge in [-0.15, -0.1) is 0 Å². The average Bonchev–Trinajstić information content (AvgIpc) is 2.68. The number of carbonyl (C=O) groups is 1. The summed E-state index contributed by atoms with van der Waals surface area (Å²) in [7, 11) is 3.20. The van der Waals surface area contributed by atoms with Crippen molar-refractivity contribution >= 4 is 17.4 Å². The number of likely N-dealkylation sites (tertiary alicyclic amines) is 1. The van der Waals surface area contributed by atoms with Gasteiger partial charge < -0.3 is 19.7 Å².